The maximum absolute atomic E-state index is 12.4. The Morgan fingerprint density at radius 2 is 1.84 bits per heavy atom. The highest BCUT2D eigenvalue weighted by molar-refractivity contribution is 7.86. The van der Waals surface area contributed by atoms with Crippen molar-refractivity contribution in [3.05, 3.63) is 35.9 Å². The van der Waals surface area contributed by atoms with Gasteiger partial charge in [-0.25, -0.2) is 0 Å². The molecule has 1 aromatic carbocycles. The average molecular weight is 283 g/mol. The van der Waals surface area contributed by atoms with E-state index >= 15 is 0 Å². The van der Waals surface area contributed by atoms with Gasteiger partial charge in [0, 0.05) is 32.7 Å². The largest absolute Gasteiger partial charge is 0.328 e. The van der Waals surface area contributed by atoms with Crippen molar-refractivity contribution in [2.75, 3.05) is 20.1 Å². The molecule has 106 valence electrons. The van der Waals surface area contributed by atoms with E-state index in [-0.39, 0.29) is 6.04 Å². The summed E-state index contributed by atoms with van der Waals surface area (Å²) in [5.74, 6) is 0. The van der Waals surface area contributed by atoms with Crippen molar-refractivity contribution >= 4 is 10.2 Å². The molecular weight excluding hydrogens is 262 g/mol. The molecule has 0 unspecified atom stereocenters. The molecule has 0 spiro atoms. The van der Waals surface area contributed by atoms with Crippen LogP contribution >= 0.6 is 0 Å². The molecule has 0 aliphatic carbocycles. The topological polar surface area (TPSA) is 66.6 Å². The standard InChI is InChI=1S/C13H21N3O2S/c1-15(11-12-5-3-2-4-6-12)19(17,18)16-9-7-13(14)8-10-16/h2-6,13H,7-11,14H2,1H3. The average Bonchev–Trinajstić information content (AvgIpc) is 2.40. The van der Waals surface area contributed by atoms with E-state index in [1.165, 1.54) is 8.61 Å². The van der Waals surface area contributed by atoms with Gasteiger partial charge in [0.1, 0.15) is 0 Å². The van der Waals surface area contributed by atoms with Gasteiger partial charge in [0.15, 0.2) is 0 Å². The summed E-state index contributed by atoms with van der Waals surface area (Å²) in [6, 6.07) is 9.73. The third-order valence-corrected chi connectivity index (χ3v) is 5.40. The molecular formula is C13H21N3O2S. The van der Waals surface area contributed by atoms with Gasteiger partial charge in [-0.3, -0.25) is 0 Å². The van der Waals surface area contributed by atoms with Crippen molar-refractivity contribution in [3.63, 3.8) is 0 Å². The van der Waals surface area contributed by atoms with Gasteiger partial charge in [-0.2, -0.15) is 17.0 Å². The summed E-state index contributed by atoms with van der Waals surface area (Å²) in [6.07, 6.45) is 1.47. The number of benzene rings is 1. The van der Waals surface area contributed by atoms with E-state index in [9.17, 15) is 8.42 Å². The summed E-state index contributed by atoms with van der Waals surface area (Å²) in [5, 5.41) is 0. The summed E-state index contributed by atoms with van der Waals surface area (Å²) >= 11 is 0. The first-order valence-electron chi connectivity index (χ1n) is 6.51. The Labute approximate surface area is 115 Å². The highest BCUT2D eigenvalue weighted by Gasteiger charge is 2.29. The fourth-order valence-electron chi connectivity index (χ4n) is 2.23. The van der Waals surface area contributed by atoms with Crippen LogP contribution < -0.4 is 5.73 Å². The van der Waals surface area contributed by atoms with Crippen LogP contribution in [0.1, 0.15) is 18.4 Å². The van der Waals surface area contributed by atoms with Crippen molar-refractivity contribution in [2.45, 2.75) is 25.4 Å². The summed E-state index contributed by atoms with van der Waals surface area (Å²) in [5.41, 5.74) is 6.79. The van der Waals surface area contributed by atoms with Crippen LogP contribution in [0.3, 0.4) is 0 Å². The number of nitrogens with two attached hydrogens (primary N) is 1. The maximum atomic E-state index is 12.4. The van der Waals surface area contributed by atoms with Crippen molar-refractivity contribution in [1.29, 1.82) is 0 Å². The molecule has 1 saturated heterocycles. The zero-order valence-electron chi connectivity index (χ0n) is 11.2. The lowest BCUT2D eigenvalue weighted by Crippen LogP contribution is -2.47. The monoisotopic (exact) mass is 283 g/mol. The van der Waals surface area contributed by atoms with Crippen LogP contribution in [0.15, 0.2) is 30.3 Å². The normalized spacial score (nSPS) is 18.9. The van der Waals surface area contributed by atoms with E-state index in [2.05, 4.69) is 0 Å². The molecule has 19 heavy (non-hydrogen) atoms. The first-order chi connectivity index (χ1) is 9.00. The lowest BCUT2D eigenvalue weighted by molar-refractivity contribution is 0.295. The number of nitrogens with zero attached hydrogens (tertiary/aromatic N) is 2. The number of rotatable bonds is 4. The molecule has 6 heteroatoms. The minimum absolute atomic E-state index is 0.130. The minimum Gasteiger partial charge on any atom is -0.328 e. The van der Waals surface area contributed by atoms with Gasteiger partial charge < -0.3 is 5.73 Å². The molecule has 2 N–H and O–H groups in total. The Hall–Kier alpha value is -0.950. The fourth-order valence-corrected chi connectivity index (χ4v) is 3.60. The molecule has 0 aromatic heterocycles. The van der Waals surface area contributed by atoms with Gasteiger partial charge in [0.25, 0.3) is 10.2 Å². The van der Waals surface area contributed by atoms with Crippen molar-refractivity contribution < 1.29 is 8.42 Å². The second kappa shape index (κ2) is 6.00. The highest BCUT2D eigenvalue weighted by Crippen LogP contribution is 2.16. The van der Waals surface area contributed by atoms with Gasteiger partial charge in [0.2, 0.25) is 0 Å². The minimum atomic E-state index is -3.37. The van der Waals surface area contributed by atoms with Gasteiger partial charge in [-0.15, -0.1) is 0 Å². The highest BCUT2D eigenvalue weighted by atomic mass is 32.2. The molecule has 1 aliphatic rings. The van der Waals surface area contributed by atoms with Crippen LogP contribution in [0.5, 0.6) is 0 Å². The Morgan fingerprint density at radius 1 is 1.26 bits per heavy atom. The Morgan fingerprint density at radius 3 is 2.42 bits per heavy atom. The van der Waals surface area contributed by atoms with Gasteiger partial charge in [0.05, 0.1) is 0 Å². The first-order valence-corrected chi connectivity index (χ1v) is 7.91. The summed E-state index contributed by atoms with van der Waals surface area (Å²) in [7, 11) is -1.75. The van der Waals surface area contributed by atoms with E-state index < -0.39 is 10.2 Å². The van der Waals surface area contributed by atoms with Gasteiger partial charge in [-0.05, 0) is 18.4 Å². The molecule has 2 rings (SSSR count). The zero-order valence-corrected chi connectivity index (χ0v) is 12.0. The number of piperidine rings is 1. The molecule has 0 atom stereocenters. The van der Waals surface area contributed by atoms with E-state index in [0.717, 1.165) is 18.4 Å². The molecule has 1 aliphatic heterocycles. The number of hydrogen-bond donors (Lipinski definition) is 1. The fraction of sp³-hybridized carbons (Fsp3) is 0.538. The van der Waals surface area contributed by atoms with Crippen LogP contribution in [0, 0.1) is 0 Å². The lowest BCUT2D eigenvalue weighted by Gasteiger charge is -2.32. The molecule has 1 heterocycles. The van der Waals surface area contributed by atoms with Gasteiger partial charge >= 0.3 is 0 Å². The Kier molecular flexibility index (Phi) is 4.57. The lowest BCUT2D eigenvalue weighted by atomic mass is 10.1. The molecule has 0 bridgehead atoms. The first kappa shape index (κ1) is 14.5. The van der Waals surface area contributed by atoms with Crippen molar-refractivity contribution in [1.82, 2.24) is 8.61 Å². The van der Waals surface area contributed by atoms with Gasteiger partial charge in [-0.1, -0.05) is 30.3 Å². The van der Waals surface area contributed by atoms with E-state index in [1.807, 2.05) is 30.3 Å². The molecule has 0 radical (unpaired) electrons. The Balaban J connectivity index is 2.03. The third-order valence-electron chi connectivity index (χ3n) is 3.47. The number of hydrogen-bond acceptors (Lipinski definition) is 3. The molecule has 1 aromatic rings. The molecule has 0 saturated carbocycles. The molecule has 5 nitrogen and oxygen atoms in total. The van der Waals surface area contributed by atoms with Crippen LogP contribution in [0.25, 0.3) is 0 Å². The summed E-state index contributed by atoms with van der Waals surface area (Å²) in [6.45, 7) is 1.43. The van der Waals surface area contributed by atoms with E-state index in [4.69, 9.17) is 5.73 Å². The SMILES string of the molecule is CN(Cc1ccccc1)S(=O)(=O)N1CCC(N)CC1. The molecule has 0 amide bonds. The van der Waals surface area contributed by atoms with Crippen molar-refractivity contribution in [3.8, 4) is 0 Å². The van der Waals surface area contributed by atoms with Crippen LogP contribution in [-0.2, 0) is 16.8 Å². The zero-order chi connectivity index (χ0) is 13.9. The smallest absolute Gasteiger partial charge is 0.282 e. The van der Waals surface area contributed by atoms with E-state index in [0.29, 0.717) is 19.6 Å². The Bertz CT molecular complexity index is 496. The van der Waals surface area contributed by atoms with Crippen LogP contribution in [0.2, 0.25) is 0 Å². The van der Waals surface area contributed by atoms with Crippen LogP contribution in [-0.4, -0.2) is 43.2 Å². The third kappa shape index (κ3) is 3.54. The van der Waals surface area contributed by atoms with E-state index in [1.54, 1.807) is 7.05 Å². The summed E-state index contributed by atoms with van der Waals surface area (Å²) in [4.78, 5) is 0. The van der Waals surface area contributed by atoms with Crippen LogP contribution in [0.4, 0.5) is 0 Å². The predicted molar refractivity (Wildman–Crippen MR) is 75.6 cm³/mol. The molecule has 1 fully saturated rings. The second-order valence-electron chi connectivity index (χ2n) is 4.99. The quantitative estimate of drug-likeness (QED) is 0.888. The summed E-state index contributed by atoms with van der Waals surface area (Å²) < 4.78 is 27.7. The second-order valence-corrected chi connectivity index (χ2v) is 7.02. The van der Waals surface area contributed by atoms with Crippen molar-refractivity contribution in [2.24, 2.45) is 5.73 Å². The predicted octanol–water partition coefficient (Wildman–Crippen LogP) is 0.786. The maximum Gasteiger partial charge on any atom is 0.282 e.